The maximum absolute atomic E-state index is 12.8. The number of nitrogens with zero attached hydrogens (tertiary/aromatic N) is 5. The summed E-state index contributed by atoms with van der Waals surface area (Å²) in [7, 11) is 1.81. The molecule has 0 spiro atoms. The van der Waals surface area contributed by atoms with E-state index < -0.39 is 0 Å². The van der Waals surface area contributed by atoms with Crippen molar-refractivity contribution in [3.63, 3.8) is 0 Å². The molecule has 0 aliphatic carbocycles. The summed E-state index contributed by atoms with van der Waals surface area (Å²) in [5.41, 5.74) is 2.53. The van der Waals surface area contributed by atoms with Crippen molar-refractivity contribution in [1.82, 2.24) is 24.6 Å². The zero-order chi connectivity index (χ0) is 19.5. The second kappa shape index (κ2) is 7.80. The SMILES string of the molecule is Cc1cccc(Oc2nccnc2C2CCCN(C(=O)c3cnn(C)c3)C2)c1. The van der Waals surface area contributed by atoms with Gasteiger partial charge in [0.1, 0.15) is 11.4 Å². The number of hydrogen-bond acceptors (Lipinski definition) is 5. The zero-order valence-corrected chi connectivity index (χ0v) is 16.1. The molecule has 7 nitrogen and oxygen atoms in total. The van der Waals surface area contributed by atoms with Gasteiger partial charge in [0.2, 0.25) is 5.88 Å². The van der Waals surface area contributed by atoms with Crippen molar-refractivity contribution >= 4 is 5.91 Å². The van der Waals surface area contributed by atoms with Crippen LogP contribution in [0.3, 0.4) is 0 Å². The Morgan fingerprint density at radius 1 is 1.25 bits per heavy atom. The molecule has 3 aromatic rings. The zero-order valence-electron chi connectivity index (χ0n) is 16.1. The average Bonchev–Trinajstić information content (AvgIpc) is 3.14. The normalized spacial score (nSPS) is 16.8. The molecule has 3 heterocycles. The largest absolute Gasteiger partial charge is 0.437 e. The van der Waals surface area contributed by atoms with Crippen molar-refractivity contribution in [2.24, 2.45) is 7.05 Å². The molecule has 1 unspecified atom stereocenters. The summed E-state index contributed by atoms with van der Waals surface area (Å²) in [5.74, 6) is 1.33. The summed E-state index contributed by atoms with van der Waals surface area (Å²) in [4.78, 5) is 23.6. The van der Waals surface area contributed by atoms with Crippen LogP contribution in [0.15, 0.2) is 49.1 Å². The molecule has 2 aromatic heterocycles. The van der Waals surface area contributed by atoms with Gasteiger partial charge in [0, 0.05) is 44.6 Å². The third-order valence-corrected chi connectivity index (χ3v) is 4.94. The van der Waals surface area contributed by atoms with Crippen molar-refractivity contribution in [2.75, 3.05) is 13.1 Å². The molecule has 1 aliphatic heterocycles. The molecular weight excluding hydrogens is 354 g/mol. The molecule has 4 rings (SSSR count). The Morgan fingerprint density at radius 2 is 2.11 bits per heavy atom. The van der Waals surface area contributed by atoms with Gasteiger partial charge in [-0.05, 0) is 37.5 Å². The van der Waals surface area contributed by atoms with Crippen LogP contribution in [0, 0.1) is 6.92 Å². The van der Waals surface area contributed by atoms with E-state index in [-0.39, 0.29) is 11.8 Å². The Morgan fingerprint density at radius 3 is 2.89 bits per heavy atom. The first-order chi connectivity index (χ1) is 13.6. The number of aromatic nitrogens is 4. The molecule has 28 heavy (non-hydrogen) atoms. The summed E-state index contributed by atoms with van der Waals surface area (Å²) in [5, 5.41) is 4.10. The van der Waals surface area contributed by atoms with Crippen LogP contribution in [0.25, 0.3) is 0 Å². The summed E-state index contributed by atoms with van der Waals surface area (Å²) in [6.45, 7) is 3.35. The van der Waals surface area contributed by atoms with Gasteiger partial charge in [-0.25, -0.2) is 4.98 Å². The number of aryl methyl sites for hydroxylation is 2. The van der Waals surface area contributed by atoms with Crippen LogP contribution in [0.5, 0.6) is 11.6 Å². The Bertz CT molecular complexity index is 984. The summed E-state index contributed by atoms with van der Waals surface area (Å²) < 4.78 is 7.68. The van der Waals surface area contributed by atoms with Crippen LogP contribution in [0.1, 0.15) is 40.4 Å². The fourth-order valence-electron chi connectivity index (χ4n) is 3.58. The molecular formula is C21H23N5O2. The van der Waals surface area contributed by atoms with E-state index in [4.69, 9.17) is 4.74 Å². The van der Waals surface area contributed by atoms with E-state index in [1.165, 1.54) is 0 Å². The van der Waals surface area contributed by atoms with Crippen LogP contribution in [-0.2, 0) is 7.05 Å². The monoisotopic (exact) mass is 377 g/mol. The molecule has 0 radical (unpaired) electrons. The van der Waals surface area contributed by atoms with E-state index in [0.29, 0.717) is 18.0 Å². The quantitative estimate of drug-likeness (QED) is 0.697. The lowest BCUT2D eigenvalue weighted by Crippen LogP contribution is -2.39. The predicted octanol–water partition coefficient (Wildman–Crippen LogP) is 3.33. The highest BCUT2D eigenvalue weighted by Crippen LogP contribution is 2.33. The Labute approximate surface area is 164 Å². The Balaban J connectivity index is 1.54. The van der Waals surface area contributed by atoms with Crippen LogP contribution in [-0.4, -0.2) is 43.6 Å². The smallest absolute Gasteiger partial charge is 0.257 e. The molecule has 1 fully saturated rings. The lowest BCUT2D eigenvalue weighted by atomic mass is 9.94. The van der Waals surface area contributed by atoms with Gasteiger partial charge in [0.05, 0.1) is 11.8 Å². The van der Waals surface area contributed by atoms with E-state index >= 15 is 0 Å². The highest BCUT2D eigenvalue weighted by atomic mass is 16.5. The van der Waals surface area contributed by atoms with E-state index in [1.54, 1.807) is 29.5 Å². The average molecular weight is 377 g/mol. The standard InChI is InChI=1S/C21H23N5O2/c1-15-5-3-7-18(11-15)28-20-19(22-8-9-23-20)16-6-4-10-26(14-16)21(27)17-12-24-25(2)13-17/h3,5,7-9,11-13,16H,4,6,10,14H2,1-2H3. The summed E-state index contributed by atoms with van der Waals surface area (Å²) in [6.07, 6.45) is 8.54. The van der Waals surface area contributed by atoms with Crippen molar-refractivity contribution in [3.8, 4) is 11.6 Å². The second-order valence-corrected chi connectivity index (χ2v) is 7.16. The van der Waals surface area contributed by atoms with Crippen LogP contribution < -0.4 is 4.74 Å². The molecule has 1 amide bonds. The van der Waals surface area contributed by atoms with Gasteiger partial charge in [0.25, 0.3) is 5.91 Å². The predicted molar refractivity (Wildman–Crippen MR) is 104 cm³/mol. The van der Waals surface area contributed by atoms with Gasteiger partial charge in [-0.2, -0.15) is 5.10 Å². The number of benzene rings is 1. The Kier molecular flexibility index (Phi) is 5.06. The lowest BCUT2D eigenvalue weighted by molar-refractivity contribution is 0.0704. The number of ether oxygens (including phenoxy) is 1. The number of carbonyl (C=O) groups is 1. The van der Waals surface area contributed by atoms with Gasteiger partial charge in [-0.15, -0.1) is 0 Å². The second-order valence-electron chi connectivity index (χ2n) is 7.16. The third-order valence-electron chi connectivity index (χ3n) is 4.94. The lowest BCUT2D eigenvalue weighted by Gasteiger charge is -2.32. The Hall–Kier alpha value is -3.22. The molecule has 0 N–H and O–H groups in total. The van der Waals surface area contributed by atoms with E-state index in [1.807, 2.05) is 43.1 Å². The maximum atomic E-state index is 12.8. The van der Waals surface area contributed by atoms with Crippen LogP contribution in [0.4, 0.5) is 0 Å². The number of rotatable bonds is 4. The molecule has 0 bridgehead atoms. The maximum Gasteiger partial charge on any atom is 0.257 e. The minimum atomic E-state index is 0.00263. The van der Waals surface area contributed by atoms with Gasteiger partial charge in [-0.1, -0.05) is 12.1 Å². The van der Waals surface area contributed by atoms with Crippen LogP contribution >= 0.6 is 0 Å². The van der Waals surface area contributed by atoms with E-state index in [9.17, 15) is 4.79 Å². The molecule has 1 saturated heterocycles. The van der Waals surface area contributed by atoms with Gasteiger partial charge in [-0.3, -0.25) is 14.5 Å². The van der Waals surface area contributed by atoms with Crippen molar-refractivity contribution < 1.29 is 9.53 Å². The molecule has 1 aromatic carbocycles. The number of carbonyl (C=O) groups excluding carboxylic acids is 1. The van der Waals surface area contributed by atoms with E-state index in [0.717, 1.165) is 36.4 Å². The van der Waals surface area contributed by atoms with Crippen molar-refractivity contribution in [2.45, 2.75) is 25.7 Å². The number of likely N-dealkylation sites (tertiary alicyclic amines) is 1. The first kappa shape index (κ1) is 18.2. The summed E-state index contributed by atoms with van der Waals surface area (Å²) in [6, 6.07) is 7.85. The van der Waals surface area contributed by atoms with Gasteiger partial charge >= 0.3 is 0 Å². The molecule has 1 atom stereocenters. The van der Waals surface area contributed by atoms with E-state index in [2.05, 4.69) is 15.1 Å². The van der Waals surface area contributed by atoms with Crippen LogP contribution in [0.2, 0.25) is 0 Å². The number of amides is 1. The molecule has 144 valence electrons. The highest BCUT2D eigenvalue weighted by molar-refractivity contribution is 5.93. The topological polar surface area (TPSA) is 73.1 Å². The fourth-order valence-corrected chi connectivity index (χ4v) is 3.58. The van der Waals surface area contributed by atoms with Crippen molar-refractivity contribution in [1.29, 1.82) is 0 Å². The highest BCUT2D eigenvalue weighted by Gasteiger charge is 2.29. The fraction of sp³-hybridized carbons (Fsp3) is 0.333. The molecule has 0 saturated carbocycles. The first-order valence-electron chi connectivity index (χ1n) is 9.43. The first-order valence-corrected chi connectivity index (χ1v) is 9.43. The third kappa shape index (κ3) is 3.88. The molecule has 1 aliphatic rings. The van der Waals surface area contributed by atoms with Gasteiger partial charge < -0.3 is 9.64 Å². The minimum absolute atomic E-state index is 0.00263. The number of hydrogen-bond donors (Lipinski definition) is 0. The minimum Gasteiger partial charge on any atom is -0.437 e. The summed E-state index contributed by atoms with van der Waals surface area (Å²) >= 11 is 0. The van der Waals surface area contributed by atoms with Crippen molar-refractivity contribution in [3.05, 3.63) is 65.9 Å². The number of piperidine rings is 1. The van der Waals surface area contributed by atoms with Gasteiger partial charge in [0.15, 0.2) is 0 Å². The molecule has 7 heteroatoms.